The number of halogens is 1. The lowest BCUT2D eigenvalue weighted by Crippen LogP contribution is -2.37. The lowest BCUT2D eigenvalue weighted by Gasteiger charge is -2.13. The second-order valence-corrected chi connectivity index (χ2v) is 4.00. The molecule has 19 heavy (non-hydrogen) atoms. The highest BCUT2D eigenvalue weighted by Gasteiger charge is 2.12. The van der Waals surface area contributed by atoms with Crippen molar-refractivity contribution < 1.29 is 9.53 Å². The van der Waals surface area contributed by atoms with Gasteiger partial charge in [0.15, 0.2) is 0 Å². The van der Waals surface area contributed by atoms with Crippen LogP contribution in [0.2, 0.25) is 0 Å². The summed E-state index contributed by atoms with van der Waals surface area (Å²) >= 11 is 0. The predicted molar refractivity (Wildman–Crippen MR) is 80.2 cm³/mol. The van der Waals surface area contributed by atoms with Crippen molar-refractivity contribution in [1.82, 2.24) is 10.6 Å². The zero-order valence-electron chi connectivity index (χ0n) is 11.3. The fraction of sp³-hybridized carbons (Fsp3) is 0.357. The molecule has 4 nitrogen and oxygen atoms in total. The molecule has 0 heterocycles. The Labute approximate surface area is 120 Å². The van der Waals surface area contributed by atoms with E-state index in [-0.39, 0.29) is 24.4 Å². The van der Waals surface area contributed by atoms with Crippen LogP contribution in [0.5, 0.6) is 5.75 Å². The van der Waals surface area contributed by atoms with E-state index >= 15 is 0 Å². The summed E-state index contributed by atoms with van der Waals surface area (Å²) in [6, 6.07) is 7.41. The van der Waals surface area contributed by atoms with Gasteiger partial charge in [0.2, 0.25) is 0 Å². The monoisotopic (exact) mass is 284 g/mol. The molecular formula is C14H21ClN2O2. The molecule has 0 radical (unpaired) electrons. The third kappa shape index (κ3) is 5.77. The SMILES string of the molecule is C=CCOc1ccccc1C(=O)NCC(C)NC.Cl. The van der Waals surface area contributed by atoms with Crippen LogP contribution in [0.25, 0.3) is 0 Å². The Kier molecular flexibility index (Phi) is 8.66. The van der Waals surface area contributed by atoms with Crippen LogP contribution < -0.4 is 15.4 Å². The highest BCUT2D eigenvalue weighted by atomic mass is 35.5. The van der Waals surface area contributed by atoms with Crippen molar-refractivity contribution in [2.45, 2.75) is 13.0 Å². The van der Waals surface area contributed by atoms with Crippen molar-refractivity contribution in [3.63, 3.8) is 0 Å². The molecule has 1 unspecified atom stereocenters. The van der Waals surface area contributed by atoms with Crippen LogP contribution in [0, 0.1) is 0 Å². The van der Waals surface area contributed by atoms with Gasteiger partial charge in [0, 0.05) is 12.6 Å². The maximum absolute atomic E-state index is 12.0. The number of rotatable bonds is 7. The smallest absolute Gasteiger partial charge is 0.255 e. The Bertz CT molecular complexity index is 410. The highest BCUT2D eigenvalue weighted by Crippen LogP contribution is 2.17. The maximum atomic E-state index is 12.0. The lowest BCUT2D eigenvalue weighted by atomic mass is 10.2. The first-order chi connectivity index (χ1) is 8.69. The van der Waals surface area contributed by atoms with E-state index in [0.717, 1.165) is 0 Å². The number of benzene rings is 1. The maximum Gasteiger partial charge on any atom is 0.255 e. The van der Waals surface area contributed by atoms with E-state index in [4.69, 9.17) is 4.74 Å². The van der Waals surface area contributed by atoms with E-state index < -0.39 is 0 Å². The number of amides is 1. The van der Waals surface area contributed by atoms with Gasteiger partial charge in [0.25, 0.3) is 5.91 Å². The molecule has 1 rings (SSSR count). The van der Waals surface area contributed by atoms with Gasteiger partial charge in [-0.2, -0.15) is 0 Å². The number of carbonyl (C=O) groups is 1. The normalized spacial score (nSPS) is 11.1. The van der Waals surface area contributed by atoms with Gasteiger partial charge in [0.05, 0.1) is 5.56 Å². The summed E-state index contributed by atoms with van der Waals surface area (Å²) < 4.78 is 5.45. The first-order valence-corrected chi connectivity index (χ1v) is 5.97. The van der Waals surface area contributed by atoms with Gasteiger partial charge in [0.1, 0.15) is 12.4 Å². The van der Waals surface area contributed by atoms with Crippen LogP contribution in [0.3, 0.4) is 0 Å². The van der Waals surface area contributed by atoms with Gasteiger partial charge in [-0.1, -0.05) is 24.8 Å². The summed E-state index contributed by atoms with van der Waals surface area (Å²) in [6.07, 6.45) is 1.65. The van der Waals surface area contributed by atoms with Crippen molar-refractivity contribution in [3.8, 4) is 5.75 Å². The van der Waals surface area contributed by atoms with E-state index in [1.807, 2.05) is 26.1 Å². The minimum atomic E-state index is -0.128. The Morgan fingerprint density at radius 2 is 2.16 bits per heavy atom. The van der Waals surface area contributed by atoms with Crippen molar-refractivity contribution >= 4 is 18.3 Å². The van der Waals surface area contributed by atoms with Crippen molar-refractivity contribution in [2.24, 2.45) is 0 Å². The predicted octanol–water partition coefficient (Wildman–Crippen LogP) is 2.01. The Balaban J connectivity index is 0.00000324. The first kappa shape index (κ1) is 17.5. The number of ether oxygens (including phenoxy) is 1. The zero-order chi connectivity index (χ0) is 13.4. The molecule has 1 amide bonds. The zero-order valence-corrected chi connectivity index (χ0v) is 12.1. The summed E-state index contributed by atoms with van der Waals surface area (Å²) in [4.78, 5) is 12.0. The third-order valence-corrected chi connectivity index (χ3v) is 2.55. The quantitative estimate of drug-likeness (QED) is 0.753. The Morgan fingerprint density at radius 1 is 1.47 bits per heavy atom. The van der Waals surface area contributed by atoms with E-state index in [1.54, 1.807) is 18.2 Å². The van der Waals surface area contributed by atoms with Crippen LogP contribution in [0.4, 0.5) is 0 Å². The largest absolute Gasteiger partial charge is 0.489 e. The topological polar surface area (TPSA) is 50.4 Å². The van der Waals surface area contributed by atoms with Gasteiger partial charge in [-0.05, 0) is 26.1 Å². The molecule has 1 aromatic rings. The number of nitrogens with one attached hydrogen (secondary N) is 2. The Hall–Kier alpha value is -1.52. The summed E-state index contributed by atoms with van der Waals surface area (Å²) in [5.41, 5.74) is 0.544. The molecule has 1 atom stereocenters. The molecular weight excluding hydrogens is 264 g/mol. The summed E-state index contributed by atoms with van der Waals surface area (Å²) in [5.74, 6) is 0.448. The van der Waals surface area contributed by atoms with Gasteiger partial charge >= 0.3 is 0 Å². The van der Waals surface area contributed by atoms with Crippen molar-refractivity contribution in [2.75, 3.05) is 20.2 Å². The molecule has 0 aliphatic rings. The number of hydrogen-bond donors (Lipinski definition) is 2. The molecule has 1 aromatic carbocycles. The van der Waals surface area contributed by atoms with Crippen LogP contribution in [-0.4, -0.2) is 32.1 Å². The number of hydrogen-bond acceptors (Lipinski definition) is 3. The molecule has 2 N–H and O–H groups in total. The molecule has 0 saturated carbocycles. The molecule has 0 bridgehead atoms. The van der Waals surface area contributed by atoms with Crippen LogP contribution in [0.15, 0.2) is 36.9 Å². The fourth-order valence-corrected chi connectivity index (χ4v) is 1.37. The van der Waals surface area contributed by atoms with Crippen LogP contribution >= 0.6 is 12.4 Å². The van der Waals surface area contributed by atoms with Gasteiger partial charge in [-0.25, -0.2) is 0 Å². The molecule has 0 spiro atoms. The molecule has 0 aliphatic carbocycles. The van der Waals surface area contributed by atoms with E-state index in [2.05, 4.69) is 17.2 Å². The highest BCUT2D eigenvalue weighted by molar-refractivity contribution is 5.96. The standard InChI is InChI=1S/C14H20N2O2.ClH/c1-4-9-18-13-8-6-5-7-12(13)14(17)16-10-11(2)15-3;/h4-8,11,15H,1,9-10H2,2-3H3,(H,16,17);1H. The van der Waals surface area contributed by atoms with Gasteiger partial charge in [-0.3, -0.25) is 4.79 Å². The average Bonchev–Trinajstić information content (AvgIpc) is 2.42. The van der Waals surface area contributed by atoms with Gasteiger partial charge in [-0.15, -0.1) is 12.4 Å². The van der Waals surface area contributed by atoms with Gasteiger partial charge < -0.3 is 15.4 Å². The molecule has 0 fully saturated rings. The van der Waals surface area contributed by atoms with Crippen LogP contribution in [-0.2, 0) is 0 Å². The molecule has 0 aromatic heterocycles. The Morgan fingerprint density at radius 3 is 2.79 bits per heavy atom. The second kappa shape index (κ2) is 9.42. The average molecular weight is 285 g/mol. The first-order valence-electron chi connectivity index (χ1n) is 5.97. The van der Waals surface area contributed by atoms with Crippen molar-refractivity contribution in [3.05, 3.63) is 42.5 Å². The van der Waals surface area contributed by atoms with E-state index in [1.165, 1.54) is 0 Å². The van der Waals surface area contributed by atoms with Crippen LogP contribution in [0.1, 0.15) is 17.3 Å². The number of carbonyl (C=O) groups excluding carboxylic acids is 1. The summed E-state index contributed by atoms with van der Waals surface area (Å²) in [5, 5.41) is 5.92. The minimum absolute atomic E-state index is 0. The molecule has 106 valence electrons. The van der Waals surface area contributed by atoms with Crippen molar-refractivity contribution in [1.29, 1.82) is 0 Å². The summed E-state index contributed by atoms with van der Waals surface area (Å²) in [7, 11) is 1.86. The second-order valence-electron chi connectivity index (χ2n) is 4.00. The molecule has 5 heteroatoms. The molecule has 0 aliphatic heterocycles. The number of likely N-dealkylation sites (N-methyl/N-ethyl adjacent to an activating group) is 1. The fourth-order valence-electron chi connectivity index (χ4n) is 1.37. The number of para-hydroxylation sites is 1. The third-order valence-electron chi connectivity index (χ3n) is 2.55. The minimum Gasteiger partial charge on any atom is -0.489 e. The summed E-state index contributed by atoms with van der Waals surface area (Å²) in [6.45, 7) is 6.55. The van der Waals surface area contributed by atoms with E-state index in [9.17, 15) is 4.79 Å². The van der Waals surface area contributed by atoms with E-state index in [0.29, 0.717) is 24.5 Å². The lowest BCUT2D eigenvalue weighted by molar-refractivity contribution is 0.0947. The molecule has 0 saturated heterocycles.